The van der Waals surface area contributed by atoms with Crippen molar-refractivity contribution >= 4 is 0 Å². The zero-order chi connectivity index (χ0) is 16.0. The molecule has 120 valence electrons. The second kappa shape index (κ2) is 8.50. The number of rotatable bonds is 8. The molecule has 0 aliphatic rings. The molecule has 0 aromatic heterocycles. The average molecular weight is 294 g/mol. The maximum Gasteiger partial charge on any atom is 0.126 e. The first-order valence-electron chi connectivity index (χ1n) is 7.98. The second-order valence-electron chi connectivity index (χ2n) is 6.60. The van der Waals surface area contributed by atoms with E-state index < -0.39 is 0 Å². The molecular formula is C18H31FN2. The van der Waals surface area contributed by atoms with Crippen molar-refractivity contribution in [1.82, 2.24) is 10.2 Å². The van der Waals surface area contributed by atoms with Crippen molar-refractivity contribution < 1.29 is 4.39 Å². The lowest BCUT2D eigenvalue weighted by atomic mass is 10.0. The molecule has 0 amide bonds. The minimum atomic E-state index is -0.116. The molecule has 1 aromatic carbocycles. The standard InChI is InChI=1S/C18H31FN2/c1-13(2)11-15(4)21(6)10-9-18(20-5)16-8-7-14(3)17(19)12-16/h7-8,12-13,15,18,20H,9-11H2,1-6H3. The second-order valence-corrected chi connectivity index (χ2v) is 6.60. The van der Waals surface area contributed by atoms with Gasteiger partial charge < -0.3 is 10.2 Å². The third-order valence-corrected chi connectivity index (χ3v) is 4.28. The number of aryl methyl sites for hydroxylation is 1. The Morgan fingerprint density at radius 1 is 1.24 bits per heavy atom. The molecule has 0 spiro atoms. The van der Waals surface area contributed by atoms with Crippen LogP contribution in [-0.4, -0.2) is 31.6 Å². The zero-order valence-electron chi connectivity index (χ0n) is 14.4. The summed E-state index contributed by atoms with van der Waals surface area (Å²) in [7, 11) is 4.12. The zero-order valence-corrected chi connectivity index (χ0v) is 14.4. The van der Waals surface area contributed by atoms with E-state index in [1.54, 1.807) is 13.0 Å². The Labute approximate surface area is 129 Å². The van der Waals surface area contributed by atoms with Crippen LogP contribution in [0.15, 0.2) is 18.2 Å². The molecule has 1 aromatic rings. The molecule has 1 N–H and O–H groups in total. The summed E-state index contributed by atoms with van der Waals surface area (Å²) in [6.07, 6.45) is 2.19. The van der Waals surface area contributed by atoms with Crippen molar-refractivity contribution in [3.63, 3.8) is 0 Å². The summed E-state index contributed by atoms with van der Waals surface area (Å²) in [4.78, 5) is 2.40. The van der Waals surface area contributed by atoms with Gasteiger partial charge in [-0.2, -0.15) is 0 Å². The molecule has 0 aliphatic carbocycles. The van der Waals surface area contributed by atoms with E-state index in [1.165, 1.54) is 6.42 Å². The Kier molecular flexibility index (Phi) is 7.33. The lowest BCUT2D eigenvalue weighted by Gasteiger charge is -2.28. The van der Waals surface area contributed by atoms with Crippen LogP contribution in [0.4, 0.5) is 4.39 Å². The van der Waals surface area contributed by atoms with Gasteiger partial charge in [-0.3, -0.25) is 0 Å². The van der Waals surface area contributed by atoms with Gasteiger partial charge >= 0.3 is 0 Å². The highest BCUT2D eigenvalue weighted by molar-refractivity contribution is 5.25. The van der Waals surface area contributed by atoms with E-state index in [0.717, 1.165) is 18.5 Å². The van der Waals surface area contributed by atoms with Crippen molar-refractivity contribution in [2.75, 3.05) is 20.6 Å². The smallest absolute Gasteiger partial charge is 0.126 e. The van der Waals surface area contributed by atoms with Crippen LogP contribution in [0.3, 0.4) is 0 Å². The molecule has 3 heteroatoms. The number of nitrogens with zero attached hydrogens (tertiary/aromatic N) is 1. The molecule has 0 saturated heterocycles. The van der Waals surface area contributed by atoms with Crippen LogP contribution >= 0.6 is 0 Å². The monoisotopic (exact) mass is 294 g/mol. The summed E-state index contributed by atoms with van der Waals surface area (Å²) >= 11 is 0. The van der Waals surface area contributed by atoms with Crippen molar-refractivity contribution in [3.8, 4) is 0 Å². The highest BCUT2D eigenvalue weighted by atomic mass is 19.1. The lowest BCUT2D eigenvalue weighted by molar-refractivity contribution is 0.218. The van der Waals surface area contributed by atoms with Crippen LogP contribution in [0.25, 0.3) is 0 Å². The number of benzene rings is 1. The minimum absolute atomic E-state index is 0.116. The van der Waals surface area contributed by atoms with Crippen LogP contribution < -0.4 is 5.32 Å². The van der Waals surface area contributed by atoms with Gasteiger partial charge in [0.15, 0.2) is 0 Å². The maximum atomic E-state index is 13.7. The predicted octanol–water partition coefficient (Wildman–Crippen LogP) is 4.15. The van der Waals surface area contributed by atoms with Crippen LogP contribution in [0.5, 0.6) is 0 Å². The molecule has 2 nitrogen and oxygen atoms in total. The number of hydrogen-bond acceptors (Lipinski definition) is 2. The van der Waals surface area contributed by atoms with Crippen molar-refractivity contribution in [3.05, 3.63) is 35.1 Å². The molecule has 2 unspecified atom stereocenters. The van der Waals surface area contributed by atoms with Crippen molar-refractivity contribution in [2.45, 2.75) is 52.6 Å². The first-order valence-corrected chi connectivity index (χ1v) is 7.98. The molecule has 0 radical (unpaired) electrons. The maximum absolute atomic E-state index is 13.7. The van der Waals surface area contributed by atoms with E-state index in [9.17, 15) is 4.39 Å². The highest BCUT2D eigenvalue weighted by Crippen LogP contribution is 2.20. The first kappa shape index (κ1) is 18.1. The molecule has 1 rings (SSSR count). The van der Waals surface area contributed by atoms with Gasteiger partial charge in [-0.05, 0) is 70.4 Å². The number of halogens is 1. The summed E-state index contributed by atoms with van der Waals surface area (Å²) in [5.74, 6) is 0.600. The van der Waals surface area contributed by atoms with Gasteiger partial charge in [0.1, 0.15) is 5.82 Å². The van der Waals surface area contributed by atoms with Gasteiger partial charge in [0.25, 0.3) is 0 Å². The Hall–Kier alpha value is -0.930. The van der Waals surface area contributed by atoms with Crippen molar-refractivity contribution in [1.29, 1.82) is 0 Å². The molecular weight excluding hydrogens is 263 g/mol. The van der Waals surface area contributed by atoms with E-state index >= 15 is 0 Å². The van der Waals surface area contributed by atoms with Gasteiger partial charge in [-0.1, -0.05) is 26.0 Å². The molecule has 0 bridgehead atoms. The first-order chi connectivity index (χ1) is 9.85. The fourth-order valence-electron chi connectivity index (χ4n) is 2.72. The Morgan fingerprint density at radius 2 is 1.90 bits per heavy atom. The topological polar surface area (TPSA) is 15.3 Å². The number of hydrogen-bond donors (Lipinski definition) is 1. The summed E-state index contributed by atoms with van der Waals surface area (Å²) in [5.41, 5.74) is 1.74. The molecule has 0 saturated carbocycles. The van der Waals surface area contributed by atoms with Crippen LogP contribution in [0, 0.1) is 18.7 Å². The van der Waals surface area contributed by atoms with E-state index in [1.807, 2.05) is 19.2 Å². The van der Waals surface area contributed by atoms with Crippen LogP contribution in [0.1, 0.15) is 50.8 Å². The Morgan fingerprint density at radius 3 is 2.43 bits per heavy atom. The third kappa shape index (κ3) is 5.76. The molecule has 0 aliphatic heterocycles. The fraction of sp³-hybridized carbons (Fsp3) is 0.667. The predicted molar refractivity (Wildman–Crippen MR) is 89.1 cm³/mol. The van der Waals surface area contributed by atoms with Gasteiger partial charge in [0.05, 0.1) is 0 Å². The van der Waals surface area contributed by atoms with Gasteiger partial charge in [0.2, 0.25) is 0 Å². The van der Waals surface area contributed by atoms with Gasteiger partial charge in [-0.15, -0.1) is 0 Å². The normalized spacial score (nSPS) is 14.7. The van der Waals surface area contributed by atoms with E-state index in [2.05, 4.69) is 38.0 Å². The SMILES string of the molecule is CNC(CCN(C)C(C)CC(C)C)c1ccc(C)c(F)c1. The molecule has 0 heterocycles. The Bertz CT molecular complexity index is 431. The van der Waals surface area contributed by atoms with Crippen LogP contribution in [-0.2, 0) is 0 Å². The molecule has 2 atom stereocenters. The number of nitrogens with one attached hydrogen (secondary N) is 1. The van der Waals surface area contributed by atoms with Crippen molar-refractivity contribution in [2.24, 2.45) is 5.92 Å². The van der Waals surface area contributed by atoms with E-state index in [-0.39, 0.29) is 11.9 Å². The van der Waals surface area contributed by atoms with Gasteiger partial charge in [0, 0.05) is 12.1 Å². The summed E-state index contributed by atoms with van der Waals surface area (Å²) < 4.78 is 13.7. The van der Waals surface area contributed by atoms with Crippen LogP contribution in [0.2, 0.25) is 0 Å². The lowest BCUT2D eigenvalue weighted by Crippen LogP contribution is -2.33. The average Bonchev–Trinajstić information content (AvgIpc) is 2.42. The summed E-state index contributed by atoms with van der Waals surface area (Å²) in [6.45, 7) is 9.61. The third-order valence-electron chi connectivity index (χ3n) is 4.28. The van der Waals surface area contributed by atoms with Gasteiger partial charge in [-0.25, -0.2) is 4.39 Å². The summed E-state index contributed by atoms with van der Waals surface area (Å²) in [6, 6.07) is 6.33. The quantitative estimate of drug-likeness (QED) is 0.775. The minimum Gasteiger partial charge on any atom is -0.313 e. The highest BCUT2D eigenvalue weighted by Gasteiger charge is 2.15. The Balaban J connectivity index is 2.60. The largest absolute Gasteiger partial charge is 0.313 e. The van der Waals surface area contributed by atoms with E-state index in [4.69, 9.17) is 0 Å². The van der Waals surface area contributed by atoms with E-state index in [0.29, 0.717) is 17.5 Å². The summed E-state index contributed by atoms with van der Waals surface area (Å²) in [5, 5.41) is 3.31. The molecule has 0 fully saturated rings. The molecule has 21 heavy (non-hydrogen) atoms. The fourth-order valence-corrected chi connectivity index (χ4v) is 2.72.